The lowest BCUT2D eigenvalue weighted by Crippen LogP contribution is -3.21. The van der Waals surface area contributed by atoms with E-state index in [1.807, 2.05) is 49.7 Å². The molecule has 9 unspecified atom stereocenters. The van der Waals surface area contributed by atoms with Gasteiger partial charge in [0, 0.05) is 82.5 Å². The molecule has 10 rings (SSSR count). The minimum atomic E-state index is -0.548. The SMILES string of the molecule is CNCC12CCC3C4=CC=NC4=C[NH+]3C1NC(=NCCCc1ccnc(N)c1)NC21CCCC(Oc2cc(CCC3CC(OC(C)=O)CC(c4cc(O)c(O)c(OCCc5cccnc5)c4)O3)ccc2O)C1. The van der Waals surface area contributed by atoms with E-state index in [1.165, 1.54) is 23.5 Å². The van der Waals surface area contributed by atoms with Crippen LogP contribution in [0.4, 0.5) is 5.82 Å². The number of nitrogens with two attached hydrogens (primary N) is 1. The van der Waals surface area contributed by atoms with Crippen LogP contribution in [0.2, 0.25) is 0 Å². The summed E-state index contributed by atoms with van der Waals surface area (Å²) in [6.45, 7) is 3.09. The molecule has 9 atom stereocenters. The van der Waals surface area contributed by atoms with Crippen LogP contribution in [0.5, 0.6) is 28.7 Å². The zero-order chi connectivity index (χ0) is 49.8. The maximum Gasteiger partial charge on any atom is 0.302 e. The Labute approximate surface area is 420 Å². The van der Waals surface area contributed by atoms with Gasteiger partial charge in [0.15, 0.2) is 35.1 Å². The number of rotatable bonds is 17. The Morgan fingerprint density at radius 3 is 2.71 bits per heavy atom. The zero-order valence-corrected chi connectivity index (χ0v) is 41.2. The molecule has 4 aromatic rings. The summed E-state index contributed by atoms with van der Waals surface area (Å²) in [6, 6.07) is 16.8. The van der Waals surface area contributed by atoms with Gasteiger partial charge in [-0.1, -0.05) is 12.1 Å². The molecule has 1 aliphatic carbocycles. The summed E-state index contributed by atoms with van der Waals surface area (Å²) in [7, 11) is 2.05. The molecule has 0 radical (unpaired) electrons. The average Bonchev–Trinajstić information content (AvgIpc) is 3.98. The first kappa shape index (κ1) is 48.9. The van der Waals surface area contributed by atoms with Gasteiger partial charge in [-0.25, -0.2) is 4.98 Å². The molecule has 3 saturated heterocycles. The third-order valence-electron chi connectivity index (χ3n) is 15.7. The highest BCUT2D eigenvalue weighted by molar-refractivity contribution is 5.83. The van der Waals surface area contributed by atoms with Crippen LogP contribution >= 0.6 is 0 Å². The number of phenols is 3. The number of piperidine rings is 1. The predicted octanol–water partition coefficient (Wildman–Crippen LogP) is 5.27. The molecule has 5 aliphatic heterocycles. The number of aliphatic imine (C=N–C) groups is 2. The molecular formula is C55H68N9O8+. The molecule has 2 aromatic heterocycles. The number of hydrogen-bond donors (Lipinski definition) is 8. The van der Waals surface area contributed by atoms with Crippen LogP contribution in [0.15, 0.2) is 107 Å². The van der Waals surface area contributed by atoms with Gasteiger partial charge in [0.1, 0.15) is 36.0 Å². The number of phenolic OH excluding ortho intramolecular Hbond substituents is 3. The van der Waals surface area contributed by atoms with E-state index >= 15 is 0 Å². The van der Waals surface area contributed by atoms with Crippen LogP contribution in [-0.4, -0.2) is 106 Å². The van der Waals surface area contributed by atoms with Gasteiger partial charge in [0.25, 0.3) is 0 Å². The van der Waals surface area contributed by atoms with Crippen LogP contribution in [0.1, 0.15) is 99.5 Å². The number of nitrogens with zero attached hydrogens (tertiary/aromatic N) is 4. The number of fused-ring (bicyclic) bond motifs is 6. The zero-order valence-electron chi connectivity index (χ0n) is 41.2. The molecule has 1 saturated carbocycles. The van der Waals surface area contributed by atoms with Crippen LogP contribution in [0.3, 0.4) is 0 Å². The largest absolute Gasteiger partial charge is 0.504 e. The van der Waals surface area contributed by atoms with Crippen molar-refractivity contribution in [1.29, 1.82) is 0 Å². The first-order valence-electron chi connectivity index (χ1n) is 25.6. The number of benzene rings is 2. The summed E-state index contributed by atoms with van der Waals surface area (Å²) >= 11 is 0. The minimum Gasteiger partial charge on any atom is -0.504 e. The Morgan fingerprint density at radius 2 is 1.88 bits per heavy atom. The molecule has 9 N–H and O–H groups in total. The average molecular weight is 983 g/mol. The highest BCUT2D eigenvalue weighted by atomic mass is 16.6. The van der Waals surface area contributed by atoms with E-state index in [2.05, 4.69) is 38.2 Å². The van der Waals surface area contributed by atoms with E-state index in [0.29, 0.717) is 61.8 Å². The monoisotopic (exact) mass is 983 g/mol. The summed E-state index contributed by atoms with van der Waals surface area (Å²) in [5.74, 6) is 0.937. The second kappa shape index (κ2) is 21.2. The Balaban J connectivity index is 0.846. The Kier molecular flexibility index (Phi) is 14.4. The molecule has 0 bridgehead atoms. The van der Waals surface area contributed by atoms with Crippen LogP contribution in [0, 0.1) is 5.41 Å². The van der Waals surface area contributed by atoms with E-state index in [9.17, 15) is 20.1 Å². The van der Waals surface area contributed by atoms with Gasteiger partial charge >= 0.3 is 5.97 Å². The van der Waals surface area contributed by atoms with Crippen LogP contribution in [-0.2, 0) is 33.5 Å². The van der Waals surface area contributed by atoms with Crippen LogP contribution < -0.4 is 36.1 Å². The molecule has 72 heavy (non-hydrogen) atoms. The number of guanidine groups is 1. The van der Waals surface area contributed by atoms with Crippen molar-refractivity contribution >= 4 is 24.0 Å². The second-order valence-corrected chi connectivity index (χ2v) is 20.4. The van der Waals surface area contributed by atoms with Crippen molar-refractivity contribution < 1.29 is 44.0 Å². The Morgan fingerprint density at radius 1 is 0.986 bits per heavy atom. The fourth-order valence-corrected chi connectivity index (χ4v) is 12.5. The number of carbonyl (C=O) groups excluding carboxylic acids is 1. The highest BCUT2D eigenvalue weighted by Crippen LogP contribution is 2.52. The van der Waals surface area contributed by atoms with Crippen molar-refractivity contribution in [3.8, 4) is 28.7 Å². The first-order chi connectivity index (χ1) is 35.0. The minimum absolute atomic E-state index is 0.0217. The van der Waals surface area contributed by atoms with E-state index in [0.717, 1.165) is 86.3 Å². The number of nitrogens with one attached hydrogen (secondary N) is 4. The van der Waals surface area contributed by atoms with E-state index < -0.39 is 12.2 Å². The van der Waals surface area contributed by atoms with E-state index in [-0.39, 0.29) is 64.9 Å². The lowest BCUT2D eigenvalue weighted by molar-refractivity contribution is -0.910. The van der Waals surface area contributed by atoms with Gasteiger partial charge in [-0.2, -0.15) is 0 Å². The number of allylic oxidation sites excluding steroid dienone is 1. The first-order valence-corrected chi connectivity index (χ1v) is 25.6. The summed E-state index contributed by atoms with van der Waals surface area (Å²) in [5, 5.41) is 44.5. The van der Waals surface area contributed by atoms with Gasteiger partial charge in [-0.05, 0) is 129 Å². The number of carbonyl (C=O) groups is 1. The van der Waals surface area contributed by atoms with E-state index in [4.69, 9.17) is 34.7 Å². The smallest absolute Gasteiger partial charge is 0.302 e. The van der Waals surface area contributed by atoms with Gasteiger partial charge in [0.2, 0.25) is 5.75 Å². The highest BCUT2D eigenvalue weighted by Gasteiger charge is 2.67. The number of aromatic nitrogens is 2. The number of aryl methyl sites for hydroxylation is 2. The lowest BCUT2D eigenvalue weighted by Gasteiger charge is -2.62. The van der Waals surface area contributed by atoms with Crippen molar-refractivity contribution in [2.45, 2.75) is 133 Å². The van der Waals surface area contributed by atoms with Crippen molar-refractivity contribution in [2.24, 2.45) is 15.4 Å². The van der Waals surface area contributed by atoms with Crippen molar-refractivity contribution in [1.82, 2.24) is 25.9 Å². The predicted molar refractivity (Wildman–Crippen MR) is 272 cm³/mol. The second-order valence-electron chi connectivity index (χ2n) is 20.4. The van der Waals surface area contributed by atoms with Gasteiger partial charge in [-0.15, -0.1) is 0 Å². The third-order valence-corrected chi connectivity index (χ3v) is 15.7. The number of anilines is 1. The third kappa shape index (κ3) is 10.3. The normalized spacial score (nSPS) is 28.8. The molecule has 380 valence electrons. The number of aromatic hydroxyl groups is 3. The lowest BCUT2D eigenvalue weighted by atomic mass is 9.55. The molecule has 7 heterocycles. The molecular weight excluding hydrogens is 915 g/mol. The molecule has 2 aromatic carbocycles. The standard InChI is InChI=1S/C55H67N9O8/c1-34(65)70-41-28-39(71-47(29-41)38-26-46(67)51(68)49(27-38)69-23-16-37-7-4-19-58-31-37)11-9-36-10-12-45(66)48(24-36)72-40-8-3-17-55(30-40)54(33-57-2)18-13-44-42-15-22-59-43(42)32-64(44)52(54)62-53(63-55)61-20-5-6-35-14-21-60-50(56)25-35/h4,7,10,12,14-15,19,21-22,24-27,31-32,39-41,44,47,52,57,66-68H,3,5-6,8-9,11,13,16-18,20,23,28-30,33H2,1-2H3,(H2,56,60)(H2,61,62,63)/p+1. The van der Waals surface area contributed by atoms with Gasteiger partial charge in [0.05, 0.1) is 29.8 Å². The number of quaternary nitrogens is 1. The fraction of sp³-hybridized carbons (Fsp3) is 0.473. The number of pyridine rings is 2. The van der Waals surface area contributed by atoms with Gasteiger partial charge in [-0.3, -0.25) is 24.7 Å². The Bertz CT molecular complexity index is 2730. The van der Waals surface area contributed by atoms with Crippen molar-refractivity contribution in [3.05, 3.63) is 119 Å². The van der Waals surface area contributed by atoms with E-state index in [1.54, 1.807) is 30.7 Å². The number of hydrogen-bond acceptors (Lipinski definition) is 14. The number of esters is 1. The maximum atomic E-state index is 12.3. The maximum absolute atomic E-state index is 12.3. The molecule has 1 spiro atoms. The fourth-order valence-electron chi connectivity index (χ4n) is 12.5. The molecule has 6 aliphatic rings. The summed E-state index contributed by atoms with van der Waals surface area (Å²) < 4.78 is 25.3. The molecule has 0 amide bonds. The molecule has 4 fully saturated rings. The van der Waals surface area contributed by atoms with Crippen molar-refractivity contribution in [3.63, 3.8) is 0 Å². The summed E-state index contributed by atoms with van der Waals surface area (Å²) in [6.07, 6.45) is 20.0. The Hall–Kier alpha value is -6.69. The topological polar surface area (TPSA) is 232 Å². The van der Waals surface area contributed by atoms with Crippen LogP contribution in [0.25, 0.3) is 0 Å². The molecule has 17 heteroatoms. The number of nitrogen functional groups attached to an aromatic ring is 1. The van der Waals surface area contributed by atoms with Crippen molar-refractivity contribution in [2.75, 3.05) is 32.5 Å². The molecule has 17 nitrogen and oxygen atoms in total. The summed E-state index contributed by atoms with van der Waals surface area (Å²) in [5.41, 5.74) is 11.5. The quantitative estimate of drug-likeness (QED) is 0.0383. The number of ether oxygens (including phenoxy) is 4. The van der Waals surface area contributed by atoms with Gasteiger partial charge < -0.3 is 56.0 Å². The summed E-state index contributed by atoms with van der Waals surface area (Å²) in [4.78, 5) is 31.9.